The lowest BCUT2D eigenvalue weighted by Gasteiger charge is -2.37. The lowest BCUT2D eigenvalue weighted by molar-refractivity contribution is -0.129. The van der Waals surface area contributed by atoms with E-state index in [0.29, 0.717) is 55.0 Å². The largest absolute Gasteiger partial charge is 0.511 e. The van der Waals surface area contributed by atoms with Crippen LogP contribution in [0.2, 0.25) is 5.02 Å². The van der Waals surface area contributed by atoms with E-state index in [2.05, 4.69) is 13.8 Å². The van der Waals surface area contributed by atoms with E-state index in [4.69, 9.17) is 11.6 Å². The first-order valence-electron chi connectivity index (χ1n) is 11.4. The minimum atomic E-state index is -1.12. The van der Waals surface area contributed by atoms with Crippen molar-refractivity contribution in [3.8, 4) is 0 Å². The molecule has 5 heteroatoms. The van der Waals surface area contributed by atoms with Gasteiger partial charge in [0, 0.05) is 17.0 Å². The van der Waals surface area contributed by atoms with Crippen LogP contribution in [0.25, 0.3) is 0 Å². The third-order valence-electron chi connectivity index (χ3n) is 6.08. The predicted octanol–water partition coefficient (Wildman–Crippen LogP) is 7.07. The van der Waals surface area contributed by atoms with E-state index in [1.165, 1.54) is 0 Å². The molecule has 2 N–H and O–H groups in total. The first kappa shape index (κ1) is 25.2. The van der Waals surface area contributed by atoms with E-state index in [-0.39, 0.29) is 29.3 Å². The van der Waals surface area contributed by atoms with E-state index in [1.807, 2.05) is 26.0 Å². The highest BCUT2D eigenvalue weighted by atomic mass is 35.5. The molecule has 1 aromatic carbocycles. The second kappa shape index (κ2) is 11.0. The van der Waals surface area contributed by atoms with Gasteiger partial charge in [0.05, 0.1) is 5.41 Å². The molecule has 4 nitrogen and oxygen atoms in total. The normalized spacial score (nSPS) is 16.4. The number of allylic oxidation sites excluding steroid dienone is 3. The zero-order valence-corrected chi connectivity index (χ0v) is 19.9. The van der Waals surface area contributed by atoms with Crippen molar-refractivity contribution >= 4 is 23.2 Å². The van der Waals surface area contributed by atoms with Crippen LogP contribution >= 0.6 is 11.6 Å². The van der Waals surface area contributed by atoms with Crippen LogP contribution in [0, 0.1) is 11.3 Å². The quantitative estimate of drug-likeness (QED) is 0.356. The van der Waals surface area contributed by atoms with Crippen LogP contribution in [0.4, 0.5) is 0 Å². The predicted molar refractivity (Wildman–Crippen MR) is 125 cm³/mol. The summed E-state index contributed by atoms with van der Waals surface area (Å²) in [5.74, 6) is -0.800. The van der Waals surface area contributed by atoms with Crippen molar-refractivity contribution in [2.24, 2.45) is 11.3 Å². The van der Waals surface area contributed by atoms with Gasteiger partial charge >= 0.3 is 0 Å². The average molecular weight is 447 g/mol. The standard InChI is InChI=1S/C26H35ClO4/c1-5-15-26(16-6-2)24(30)20(13-7-17(3)4)23(29)22(25(26)31)21(28)14-10-18-8-11-19(27)12-9-18/h8-9,11-12,17,29-30H,5-7,10,13-16H2,1-4H3. The number of aliphatic hydroxyl groups excluding tert-OH is 2. The topological polar surface area (TPSA) is 74.6 Å². The molecule has 0 aromatic heterocycles. The molecule has 1 aliphatic rings. The molecular formula is C26H35ClO4. The van der Waals surface area contributed by atoms with Crippen LogP contribution in [0.3, 0.4) is 0 Å². The Morgan fingerprint density at radius 1 is 1.03 bits per heavy atom. The van der Waals surface area contributed by atoms with Gasteiger partial charge in [0.15, 0.2) is 11.6 Å². The number of carbonyl (C=O) groups excluding carboxylic acids is 2. The van der Waals surface area contributed by atoms with Gasteiger partial charge in [0.2, 0.25) is 0 Å². The molecule has 0 unspecified atom stereocenters. The van der Waals surface area contributed by atoms with Crippen LogP contribution < -0.4 is 0 Å². The number of rotatable bonds is 11. The summed E-state index contributed by atoms with van der Waals surface area (Å²) in [5, 5.41) is 22.7. The van der Waals surface area contributed by atoms with Gasteiger partial charge < -0.3 is 10.2 Å². The van der Waals surface area contributed by atoms with Crippen molar-refractivity contribution < 1.29 is 19.8 Å². The SMILES string of the molecule is CCCC1(CCC)C(=O)C(C(=O)CCc2ccc(Cl)cc2)=C(O)C(CCC(C)C)=C1O. The molecule has 0 bridgehead atoms. The van der Waals surface area contributed by atoms with Gasteiger partial charge in [0.25, 0.3) is 0 Å². The zero-order chi connectivity index (χ0) is 23.2. The first-order chi connectivity index (χ1) is 14.7. The molecule has 170 valence electrons. The Labute approximate surface area is 191 Å². The maximum absolute atomic E-state index is 13.6. The Balaban J connectivity index is 2.44. The zero-order valence-electron chi connectivity index (χ0n) is 19.1. The van der Waals surface area contributed by atoms with Crippen molar-refractivity contribution in [1.82, 2.24) is 0 Å². The van der Waals surface area contributed by atoms with Gasteiger partial charge in [-0.05, 0) is 55.7 Å². The van der Waals surface area contributed by atoms with Crippen molar-refractivity contribution in [3.05, 3.63) is 57.5 Å². The minimum absolute atomic E-state index is 0.0337. The Kier molecular flexibility index (Phi) is 8.93. The Morgan fingerprint density at radius 2 is 1.61 bits per heavy atom. The summed E-state index contributed by atoms with van der Waals surface area (Å²) in [6, 6.07) is 7.24. The number of ketones is 2. The fraction of sp³-hybridized carbons (Fsp3) is 0.538. The summed E-state index contributed by atoms with van der Waals surface area (Å²) >= 11 is 5.93. The summed E-state index contributed by atoms with van der Waals surface area (Å²) in [5.41, 5.74) is 0.0539. The van der Waals surface area contributed by atoms with Crippen molar-refractivity contribution in [3.63, 3.8) is 0 Å². The maximum Gasteiger partial charge on any atom is 0.183 e. The molecule has 0 saturated heterocycles. The molecule has 2 rings (SSSR count). The maximum atomic E-state index is 13.6. The summed E-state index contributed by atoms with van der Waals surface area (Å²) in [7, 11) is 0. The fourth-order valence-electron chi connectivity index (χ4n) is 4.41. The second-order valence-electron chi connectivity index (χ2n) is 8.94. The van der Waals surface area contributed by atoms with Crippen molar-refractivity contribution in [2.45, 2.75) is 79.1 Å². The van der Waals surface area contributed by atoms with Gasteiger partial charge in [-0.2, -0.15) is 0 Å². The molecule has 0 heterocycles. The van der Waals surface area contributed by atoms with Gasteiger partial charge in [-0.3, -0.25) is 9.59 Å². The van der Waals surface area contributed by atoms with E-state index >= 15 is 0 Å². The number of hydrogen-bond acceptors (Lipinski definition) is 4. The lowest BCUT2D eigenvalue weighted by atomic mass is 9.66. The van der Waals surface area contributed by atoms with E-state index in [9.17, 15) is 19.8 Å². The van der Waals surface area contributed by atoms with Crippen LogP contribution in [0.15, 0.2) is 46.9 Å². The molecule has 0 radical (unpaired) electrons. The lowest BCUT2D eigenvalue weighted by Crippen LogP contribution is -2.41. The van der Waals surface area contributed by atoms with Crippen LogP contribution in [0.5, 0.6) is 0 Å². The molecule has 0 fully saturated rings. The summed E-state index contributed by atoms with van der Waals surface area (Å²) < 4.78 is 0. The summed E-state index contributed by atoms with van der Waals surface area (Å²) in [6.45, 7) is 8.06. The number of benzene rings is 1. The summed E-state index contributed by atoms with van der Waals surface area (Å²) in [4.78, 5) is 26.8. The Morgan fingerprint density at radius 3 is 2.13 bits per heavy atom. The minimum Gasteiger partial charge on any atom is -0.511 e. The average Bonchev–Trinajstić information content (AvgIpc) is 2.72. The molecule has 0 amide bonds. The number of hydrogen-bond donors (Lipinski definition) is 2. The van der Waals surface area contributed by atoms with Crippen molar-refractivity contribution in [2.75, 3.05) is 0 Å². The van der Waals surface area contributed by atoms with Crippen molar-refractivity contribution in [1.29, 1.82) is 0 Å². The van der Waals surface area contributed by atoms with Gasteiger partial charge in [-0.25, -0.2) is 0 Å². The molecule has 0 atom stereocenters. The third kappa shape index (κ3) is 5.60. The molecule has 0 saturated carbocycles. The monoisotopic (exact) mass is 446 g/mol. The molecule has 1 aromatic rings. The first-order valence-corrected chi connectivity index (χ1v) is 11.7. The molecule has 31 heavy (non-hydrogen) atoms. The molecule has 0 aliphatic heterocycles. The van der Waals surface area contributed by atoms with Gasteiger partial charge in [-0.1, -0.05) is 64.3 Å². The highest BCUT2D eigenvalue weighted by molar-refractivity contribution is 6.30. The van der Waals surface area contributed by atoms with E-state index in [1.54, 1.807) is 12.1 Å². The third-order valence-corrected chi connectivity index (χ3v) is 6.33. The van der Waals surface area contributed by atoms with Crippen LogP contribution in [-0.4, -0.2) is 21.8 Å². The number of halogens is 1. The van der Waals surface area contributed by atoms with E-state index in [0.717, 1.165) is 12.0 Å². The molecule has 0 spiro atoms. The summed E-state index contributed by atoms with van der Waals surface area (Å²) in [6.07, 6.45) is 4.05. The van der Waals surface area contributed by atoms with Crippen LogP contribution in [-0.2, 0) is 16.0 Å². The number of aryl methyl sites for hydroxylation is 1. The highest BCUT2D eigenvalue weighted by Gasteiger charge is 2.49. The fourth-order valence-corrected chi connectivity index (χ4v) is 4.54. The highest BCUT2D eigenvalue weighted by Crippen LogP contribution is 2.47. The number of aliphatic hydroxyl groups is 2. The van der Waals surface area contributed by atoms with Gasteiger partial charge in [0.1, 0.15) is 17.1 Å². The Hall–Kier alpha value is -2.07. The number of Topliss-reactive ketones (excluding diaryl/α,β-unsaturated/α-hetero) is 2. The van der Waals surface area contributed by atoms with Gasteiger partial charge in [-0.15, -0.1) is 0 Å². The molecule has 1 aliphatic carbocycles. The van der Waals surface area contributed by atoms with Crippen LogP contribution in [0.1, 0.15) is 78.2 Å². The molecular weight excluding hydrogens is 412 g/mol. The number of carbonyl (C=O) groups is 2. The second-order valence-corrected chi connectivity index (χ2v) is 9.38. The van der Waals surface area contributed by atoms with E-state index < -0.39 is 11.2 Å². The smallest absolute Gasteiger partial charge is 0.183 e. The Bertz CT molecular complexity index is 856.